The van der Waals surface area contributed by atoms with E-state index < -0.39 is 10.2 Å². The Hall–Kier alpha value is -0.170. The highest BCUT2D eigenvalue weighted by Gasteiger charge is 2.38. The summed E-state index contributed by atoms with van der Waals surface area (Å²) in [5.74, 6) is 0. The Kier molecular flexibility index (Phi) is 5.22. The molecular formula is C13H27N3O2S. The summed E-state index contributed by atoms with van der Waals surface area (Å²) in [4.78, 5) is 2.45. The summed E-state index contributed by atoms with van der Waals surface area (Å²) in [6, 6.07) is 0.525. The van der Waals surface area contributed by atoms with Crippen LogP contribution in [0.1, 0.15) is 45.4 Å². The van der Waals surface area contributed by atoms with Crippen LogP contribution < -0.4 is 4.72 Å². The van der Waals surface area contributed by atoms with Gasteiger partial charge in [-0.2, -0.15) is 17.4 Å². The van der Waals surface area contributed by atoms with Crippen LogP contribution in [0.5, 0.6) is 0 Å². The van der Waals surface area contributed by atoms with Gasteiger partial charge in [0.15, 0.2) is 0 Å². The van der Waals surface area contributed by atoms with E-state index in [0.717, 1.165) is 38.8 Å². The maximum Gasteiger partial charge on any atom is 0.279 e. The van der Waals surface area contributed by atoms with Gasteiger partial charge >= 0.3 is 0 Å². The van der Waals surface area contributed by atoms with Gasteiger partial charge in [0.1, 0.15) is 0 Å². The summed E-state index contributed by atoms with van der Waals surface area (Å²) in [6.45, 7) is 4.85. The van der Waals surface area contributed by atoms with Crippen LogP contribution in [0.2, 0.25) is 0 Å². The molecule has 5 nitrogen and oxygen atoms in total. The summed E-state index contributed by atoms with van der Waals surface area (Å²) in [6.07, 6.45) is 6.49. The number of piperidine rings is 1. The third-order valence-corrected chi connectivity index (χ3v) is 6.00. The van der Waals surface area contributed by atoms with Gasteiger partial charge in [-0.15, -0.1) is 0 Å². The van der Waals surface area contributed by atoms with E-state index in [4.69, 9.17) is 0 Å². The van der Waals surface area contributed by atoms with Gasteiger partial charge in [0.25, 0.3) is 10.2 Å². The van der Waals surface area contributed by atoms with Gasteiger partial charge in [-0.25, -0.2) is 0 Å². The molecule has 0 saturated carbocycles. The van der Waals surface area contributed by atoms with Crippen molar-refractivity contribution in [2.24, 2.45) is 0 Å². The Morgan fingerprint density at radius 3 is 2.79 bits per heavy atom. The van der Waals surface area contributed by atoms with Gasteiger partial charge in [0.2, 0.25) is 0 Å². The van der Waals surface area contributed by atoms with Crippen molar-refractivity contribution in [1.29, 1.82) is 0 Å². The van der Waals surface area contributed by atoms with E-state index in [1.807, 2.05) is 0 Å². The molecule has 2 fully saturated rings. The third kappa shape index (κ3) is 3.68. The summed E-state index contributed by atoms with van der Waals surface area (Å²) < 4.78 is 28.9. The molecule has 2 saturated heterocycles. The van der Waals surface area contributed by atoms with E-state index >= 15 is 0 Å². The summed E-state index contributed by atoms with van der Waals surface area (Å²) in [5, 5.41) is 0. The van der Waals surface area contributed by atoms with Crippen LogP contribution >= 0.6 is 0 Å². The zero-order chi connectivity index (χ0) is 13.9. The summed E-state index contributed by atoms with van der Waals surface area (Å²) in [7, 11) is -1.64. The summed E-state index contributed by atoms with van der Waals surface area (Å²) in [5.41, 5.74) is 0. The van der Waals surface area contributed by atoms with Crippen molar-refractivity contribution in [3.8, 4) is 0 Å². The van der Waals surface area contributed by atoms with Crippen molar-refractivity contribution in [2.75, 3.05) is 26.7 Å². The maximum absolute atomic E-state index is 12.3. The SMILES string of the molecule is CCCCN(C)S(=O)(=O)N[C@@H]1CCN2CCCC[C@@H]12. The fraction of sp³-hybridized carbons (Fsp3) is 1.00. The lowest BCUT2D eigenvalue weighted by Crippen LogP contribution is -2.50. The van der Waals surface area contributed by atoms with Crippen LogP contribution in [0.15, 0.2) is 0 Å². The number of hydrogen-bond donors (Lipinski definition) is 1. The Morgan fingerprint density at radius 2 is 2.05 bits per heavy atom. The molecule has 0 aromatic carbocycles. The molecule has 2 atom stereocenters. The predicted molar refractivity (Wildman–Crippen MR) is 77.2 cm³/mol. The lowest BCUT2D eigenvalue weighted by Gasteiger charge is -2.33. The molecule has 0 unspecified atom stereocenters. The number of rotatable bonds is 6. The number of hydrogen-bond acceptors (Lipinski definition) is 3. The lowest BCUT2D eigenvalue weighted by molar-refractivity contribution is 0.185. The maximum atomic E-state index is 12.3. The van der Waals surface area contributed by atoms with E-state index in [1.165, 1.54) is 17.1 Å². The van der Waals surface area contributed by atoms with Gasteiger partial charge in [0.05, 0.1) is 0 Å². The molecule has 0 amide bonds. The molecule has 1 N–H and O–H groups in total. The molecule has 0 bridgehead atoms. The molecule has 0 aromatic heterocycles. The fourth-order valence-corrected chi connectivity index (χ4v) is 4.37. The van der Waals surface area contributed by atoms with Gasteiger partial charge in [-0.05, 0) is 32.2 Å². The lowest BCUT2D eigenvalue weighted by atomic mass is 10.00. The largest absolute Gasteiger partial charge is 0.299 e. The van der Waals surface area contributed by atoms with Crippen LogP contribution in [-0.2, 0) is 10.2 Å². The second-order valence-electron chi connectivity index (χ2n) is 5.79. The van der Waals surface area contributed by atoms with Gasteiger partial charge in [0, 0.05) is 32.2 Å². The van der Waals surface area contributed by atoms with Crippen molar-refractivity contribution in [2.45, 2.75) is 57.5 Å². The van der Waals surface area contributed by atoms with Crippen molar-refractivity contribution in [3.05, 3.63) is 0 Å². The zero-order valence-corrected chi connectivity index (χ0v) is 13.0. The molecule has 2 aliphatic rings. The Morgan fingerprint density at radius 1 is 1.26 bits per heavy atom. The third-order valence-electron chi connectivity index (χ3n) is 4.39. The minimum absolute atomic E-state index is 0.106. The number of nitrogens with one attached hydrogen (secondary N) is 1. The quantitative estimate of drug-likeness (QED) is 0.799. The first-order chi connectivity index (χ1) is 9.04. The van der Waals surface area contributed by atoms with E-state index in [-0.39, 0.29) is 6.04 Å². The average molecular weight is 289 g/mol. The zero-order valence-electron chi connectivity index (χ0n) is 12.1. The monoisotopic (exact) mass is 289 g/mol. The Bertz CT molecular complexity index is 385. The summed E-state index contributed by atoms with van der Waals surface area (Å²) >= 11 is 0. The normalized spacial score (nSPS) is 28.8. The van der Waals surface area contributed by atoms with Crippen LogP contribution in [0.3, 0.4) is 0 Å². The fourth-order valence-electron chi connectivity index (χ4n) is 3.17. The van der Waals surface area contributed by atoms with Crippen LogP contribution in [0.25, 0.3) is 0 Å². The number of unbranched alkanes of at least 4 members (excludes halogenated alkanes) is 1. The number of nitrogens with zero attached hydrogens (tertiary/aromatic N) is 2. The van der Waals surface area contributed by atoms with Crippen LogP contribution in [0, 0.1) is 0 Å². The van der Waals surface area contributed by atoms with Crippen molar-refractivity contribution >= 4 is 10.2 Å². The van der Waals surface area contributed by atoms with Crippen molar-refractivity contribution in [3.63, 3.8) is 0 Å². The van der Waals surface area contributed by atoms with E-state index in [0.29, 0.717) is 12.6 Å². The first-order valence-electron chi connectivity index (χ1n) is 7.52. The van der Waals surface area contributed by atoms with E-state index in [1.54, 1.807) is 7.05 Å². The molecule has 2 aliphatic heterocycles. The second-order valence-corrected chi connectivity index (χ2v) is 7.60. The van der Waals surface area contributed by atoms with Gasteiger partial charge in [-0.1, -0.05) is 19.8 Å². The highest BCUT2D eigenvalue weighted by Crippen LogP contribution is 2.27. The molecule has 0 spiro atoms. The number of fused-ring (bicyclic) bond motifs is 1. The molecule has 19 heavy (non-hydrogen) atoms. The first-order valence-corrected chi connectivity index (χ1v) is 8.96. The Balaban J connectivity index is 1.92. The van der Waals surface area contributed by atoms with Crippen molar-refractivity contribution in [1.82, 2.24) is 13.9 Å². The first kappa shape index (κ1) is 15.2. The molecule has 0 aromatic rings. The topological polar surface area (TPSA) is 52.7 Å². The van der Waals surface area contributed by atoms with Crippen LogP contribution in [-0.4, -0.2) is 56.4 Å². The minimum Gasteiger partial charge on any atom is -0.299 e. The van der Waals surface area contributed by atoms with Gasteiger partial charge in [-0.3, -0.25) is 4.90 Å². The van der Waals surface area contributed by atoms with Crippen molar-refractivity contribution < 1.29 is 8.42 Å². The molecule has 2 rings (SSSR count). The Labute approximate surface area is 117 Å². The highest BCUT2D eigenvalue weighted by molar-refractivity contribution is 7.87. The molecule has 2 heterocycles. The second kappa shape index (κ2) is 6.52. The van der Waals surface area contributed by atoms with E-state index in [9.17, 15) is 8.42 Å². The highest BCUT2D eigenvalue weighted by atomic mass is 32.2. The standard InChI is InChI=1S/C13H27N3O2S/c1-3-4-9-15(2)19(17,18)14-12-8-11-16-10-6-5-7-13(12)16/h12-14H,3-11H2,1-2H3/t12-,13+/m1/s1. The molecule has 112 valence electrons. The molecule has 0 radical (unpaired) electrons. The molecular weight excluding hydrogens is 262 g/mol. The molecule has 6 heteroatoms. The van der Waals surface area contributed by atoms with Gasteiger partial charge < -0.3 is 0 Å². The predicted octanol–water partition coefficient (Wildman–Crippen LogP) is 1.18. The van der Waals surface area contributed by atoms with E-state index in [2.05, 4.69) is 16.5 Å². The average Bonchev–Trinajstić information content (AvgIpc) is 2.79. The molecule has 0 aliphatic carbocycles. The smallest absolute Gasteiger partial charge is 0.279 e. The minimum atomic E-state index is -3.31. The van der Waals surface area contributed by atoms with Crippen LogP contribution in [0.4, 0.5) is 0 Å².